The van der Waals surface area contributed by atoms with Crippen molar-refractivity contribution in [1.29, 1.82) is 0 Å². The molecule has 7 nitrogen and oxygen atoms in total. The number of benzene rings is 2. The first-order valence-electron chi connectivity index (χ1n) is 11.9. The predicted molar refractivity (Wildman–Crippen MR) is 129 cm³/mol. The first-order valence-corrected chi connectivity index (χ1v) is 11.9. The van der Waals surface area contributed by atoms with Gasteiger partial charge >= 0.3 is 0 Å². The number of ketones is 1. The summed E-state index contributed by atoms with van der Waals surface area (Å²) >= 11 is 0. The van der Waals surface area contributed by atoms with E-state index in [-0.39, 0.29) is 23.5 Å². The van der Waals surface area contributed by atoms with Crippen LogP contribution >= 0.6 is 0 Å². The van der Waals surface area contributed by atoms with Crippen molar-refractivity contribution in [3.63, 3.8) is 0 Å². The molecule has 2 aliphatic rings. The van der Waals surface area contributed by atoms with E-state index in [4.69, 9.17) is 14.2 Å². The van der Waals surface area contributed by atoms with Gasteiger partial charge in [-0.3, -0.25) is 9.59 Å². The molecule has 2 aromatic rings. The van der Waals surface area contributed by atoms with Crippen molar-refractivity contribution in [1.82, 2.24) is 10.2 Å². The number of likely N-dealkylation sites (tertiary alicyclic amines) is 1. The van der Waals surface area contributed by atoms with E-state index in [1.165, 1.54) is 24.3 Å². The summed E-state index contributed by atoms with van der Waals surface area (Å²) in [6.45, 7) is 7.57. The van der Waals surface area contributed by atoms with Crippen LogP contribution in [0, 0.1) is 5.82 Å². The molecule has 0 atom stereocenters. The molecule has 35 heavy (non-hydrogen) atoms. The first-order chi connectivity index (χ1) is 16.9. The number of piperidine rings is 1. The van der Waals surface area contributed by atoms with E-state index < -0.39 is 0 Å². The lowest BCUT2D eigenvalue weighted by Crippen LogP contribution is -2.45. The number of nitrogens with one attached hydrogen (secondary N) is 1. The molecule has 0 saturated carbocycles. The molecule has 0 unspecified atom stereocenters. The molecule has 1 fully saturated rings. The Morgan fingerprint density at radius 3 is 2.54 bits per heavy atom. The fourth-order valence-electron chi connectivity index (χ4n) is 4.22. The lowest BCUT2D eigenvalue weighted by Gasteiger charge is -2.32. The number of halogens is 1. The van der Waals surface area contributed by atoms with Gasteiger partial charge in [-0.25, -0.2) is 4.39 Å². The number of hydrogen-bond donors (Lipinski definition) is 1. The van der Waals surface area contributed by atoms with Crippen LogP contribution in [0.3, 0.4) is 0 Å². The topological polar surface area (TPSA) is 77.1 Å². The highest BCUT2D eigenvalue weighted by atomic mass is 19.1. The van der Waals surface area contributed by atoms with E-state index in [2.05, 4.69) is 10.2 Å². The molecule has 0 aliphatic carbocycles. The molecule has 2 aromatic carbocycles. The lowest BCUT2D eigenvalue weighted by molar-refractivity contribution is 0.0700. The minimum atomic E-state index is -0.352. The number of ether oxygens (including phenoxy) is 3. The minimum Gasteiger partial charge on any atom is -0.490 e. The molecular formula is C27H31FN2O5. The Bertz CT molecular complexity index is 1090. The second-order valence-corrected chi connectivity index (χ2v) is 8.95. The maximum Gasteiger partial charge on any atom is 0.251 e. The number of nitrogens with zero attached hydrogens (tertiary/aromatic N) is 1. The summed E-state index contributed by atoms with van der Waals surface area (Å²) in [5, 5.41) is 3.03. The summed E-state index contributed by atoms with van der Waals surface area (Å²) in [4.78, 5) is 27.2. The minimum absolute atomic E-state index is 0.115. The Kier molecular flexibility index (Phi) is 8.15. The Morgan fingerprint density at radius 1 is 1.09 bits per heavy atom. The summed E-state index contributed by atoms with van der Waals surface area (Å²) in [6, 6.07) is 11.0. The molecule has 8 heteroatoms. The molecular weight excluding hydrogens is 451 g/mol. The number of hydrogen-bond acceptors (Lipinski definition) is 6. The van der Waals surface area contributed by atoms with E-state index in [0.29, 0.717) is 48.2 Å². The van der Waals surface area contributed by atoms with Crippen LogP contribution in [0.25, 0.3) is 0 Å². The normalized spacial score (nSPS) is 16.1. The molecule has 4 rings (SSSR count). The Hall–Kier alpha value is -3.23. The number of fused-ring (bicyclic) bond motifs is 1. The SMILES string of the molecule is CC(C)=C1Oc2cccc(OCCOCCN3CCC(NC(=O)c4ccc(F)cc4)CC3)c2C1=O. The van der Waals surface area contributed by atoms with Crippen LogP contribution < -0.4 is 14.8 Å². The smallest absolute Gasteiger partial charge is 0.251 e. The van der Waals surface area contributed by atoms with Gasteiger partial charge < -0.3 is 24.4 Å². The number of carbonyl (C=O) groups excluding carboxylic acids is 2. The summed E-state index contributed by atoms with van der Waals surface area (Å²) in [5.74, 6) is 0.745. The molecule has 0 spiro atoms. The summed E-state index contributed by atoms with van der Waals surface area (Å²) < 4.78 is 30.2. The third kappa shape index (κ3) is 6.26. The highest BCUT2D eigenvalue weighted by Gasteiger charge is 2.31. The third-order valence-electron chi connectivity index (χ3n) is 6.15. The van der Waals surface area contributed by atoms with Crippen LogP contribution in [-0.2, 0) is 4.74 Å². The van der Waals surface area contributed by atoms with Crippen LogP contribution in [0.4, 0.5) is 4.39 Å². The lowest BCUT2D eigenvalue weighted by atomic mass is 10.0. The van der Waals surface area contributed by atoms with Gasteiger partial charge in [0.15, 0.2) is 5.76 Å². The zero-order valence-corrected chi connectivity index (χ0v) is 20.1. The number of carbonyl (C=O) groups is 2. The summed E-state index contributed by atoms with van der Waals surface area (Å²) in [7, 11) is 0. The van der Waals surface area contributed by atoms with Gasteiger partial charge in [-0.1, -0.05) is 6.07 Å². The van der Waals surface area contributed by atoms with Gasteiger partial charge in [0, 0.05) is 31.2 Å². The molecule has 1 N–H and O–H groups in total. The zero-order chi connectivity index (χ0) is 24.8. The van der Waals surface area contributed by atoms with Gasteiger partial charge in [0.2, 0.25) is 5.78 Å². The molecule has 2 aliphatic heterocycles. The molecule has 0 aromatic heterocycles. The van der Waals surface area contributed by atoms with Crippen LogP contribution in [0.5, 0.6) is 11.5 Å². The number of allylic oxidation sites excluding steroid dienone is 2. The summed E-state index contributed by atoms with van der Waals surface area (Å²) in [5.41, 5.74) is 1.78. The van der Waals surface area contributed by atoms with E-state index in [1.807, 2.05) is 19.9 Å². The maximum atomic E-state index is 13.0. The standard InChI is InChI=1S/C27H31FN2O5/c1-18(2)26-25(31)24-22(4-3-5-23(24)35-26)34-17-16-33-15-14-30-12-10-21(11-13-30)29-27(32)19-6-8-20(28)9-7-19/h3-9,21H,10-17H2,1-2H3,(H,29,32). The van der Waals surface area contributed by atoms with Crippen LogP contribution in [0.1, 0.15) is 47.4 Å². The largest absolute Gasteiger partial charge is 0.490 e. The zero-order valence-electron chi connectivity index (χ0n) is 20.1. The van der Waals surface area contributed by atoms with Gasteiger partial charge in [-0.2, -0.15) is 0 Å². The molecule has 0 radical (unpaired) electrons. The highest BCUT2D eigenvalue weighted by Crippen LogP contribution is 2.38. The average molecular weight is 483 g/mol. The van der Waals surface area contributed by atoms with Crippen molar-refractivity contribution in [2.45, 2.75) is 32.7 Å². The third-order valence-corrected chi connectivity index (χ3v) is 6.15. The van der Waals surface area contributed by atoms with Crippen LogP contribution in [-0.4, -0.2) is 62.1 Å². The van der Waals surface area contributed by atoms with Crippen LogP contribution in [0.15, 0.2) is 53.8 Å². The summed E-state index contributed by atoms with van der Waals surface area (Å²) in [6.07, 6.45) is 1.72. The molecule has 2 heterocycles. The Labute approximate surface area is 204 Å². The van der Waals surface area contributed by atoms with E-state index in [9.17, 15) is 14.0 Å². The number of Topliss-reactive ketones (excluding diaryl/α,β-unsaturated/α-hetero) is 1. The van der Waals surface area contributed by atoms with Crippen molar-refractivity contribution in [2.24, 2.45) is 0 Å². The predicted octanol–water partition coefficient (Wildman–Crippen LogP) is 3.98. The highest BCUT2D eigenvalue weighted by molar-refractivity contribution is 6.14. The van der Waals surface area contributed by atoms with E-state index >= 15 is 0 Å². The van der Waals surface area contributed by atoms with Crippen molar-refractivity contribution < 1.29 is 28.2 Å². The number of amides is 1. The van der Waals surface area contributed by atoms with Crippen molar-refractivity contribution >= 4 is 11.7 Å². The second kappa shape index (κ2) is 11.5. The van der Waals surface area contributed by atoms with Gasteiger partial charge in [-0.05, 0) is 68.7 Å². The Morgan fingerprint density at radius 2 is 1.83 bits per heavy atom. The van der Waals surface area contributed by atoms with Crippen molar-refractivity contribution in [2.75, 3.05) is 39.5 Å². The number of rotatable bonds is 9. The fourth-order valence-corrected chi connectivity index (χ4v) is 4.22. The van der Waals surface area contributed by atoms with E-state index in [1.54, 1.807) is 12.1 Å². The Balaban J connectivity index is 1.12. The average Bonchev–Trinajstić information content (AvgIpc) is 3.20. The van der Waals surface area contributed by atoms with Gasteiger partial charge in [0.25, 0.3) is 5.91 Å². The monoisotopic (exact) mass is 482 g/mol. The second-order valence-electron chi connectivity index (χ2n) is 8.95. The quantitative estimate of drug-likeness (QED) is 0.430. The fraction of sp³-hybridized carbons (Fsp3) is 0.407. The van der Waals surface area contributed by atoms with E-state index in [0.717, 1.165) is 38.0 Å². The van der Waals surface area contributed by atoms with Gasteiger partial charge in [-0.15, -0.1) is 0 Å². The van der Waals surface area contributed by atoms with Crippen molar-refractivity contribution in [3.8, 4) is 11.5 Å². The molecule has 1 amide bonds. The van der Waals surface area contributed by atoms with Gasteiger partial charge in [0.1, 0.15) is 29.5 Å². The first kappa shape index (κ1) is 24.9. The molecule has 1 saturated heterocycles. The van der Waals surface area contributed by atoms with Gasteiger partial charge in [0.05, 0.1) is 13.2 Å². The maximum absolute atomic E-state index is 13.0. The molecule has 0 bridgehead atoms. The molecule has 186 valence electrons. The van der Waals surface area contributed by atoms with Crippen molar-refractivity contribution in [3.05, 3.63) is 70.7 Å². The van der Waals surface area contributed by atoms with Crippen LogP contribution in [0.2, 0.25) is 0 Å².